The molecule has 1 aliphatic heterocycles. The van der Waals surface area contributed by atoms with Crippen LogP contribution in [0.4, 0.5) is 0 Å². The molecule has 14 heteroatoms. The number of nitrogens with one attached hydrogen (secondary N) is 1. The van der Waals surface area contributed by atoms with Gasteiger partial charge in [-0.25, -0.2) is 4.79 Å². The van der Waals surface area contributed by atoms with Crippen LogP contribution >= 0.6 is 15.2 Å². The first kappa shape index (κ1) is 24.2. The molecule has 0 amide bonds. The average Bonchev–Trinajstić information content (AvgIpc) is 2.90. The van der Waals surface area contributed by atoms with Gasteiger partial charge in [0.1, 0.15) is 12.2 Å². The van der Waals surface area contributed by atoms with Crippen LogP contribution in [0, 0.1) is 0 Å². The molecule has 1 aromatic heterocycles. The lowest BCUT2D eigenvalue weighted by molar-refractivity contribution is -0.0546. The van der Waals surface area contributed by atoms with Crippen molar-refractivity contribution in [1.82, 2.24) is 9.55 Å². The Morgan fingerprint density at radius 2 is 1.90 bits per heavy atom. The Balaban J connectivity index is 2.35. The maximum Gasteiger partial charge on any atom is 0.331 e. The van der Waals surface area contributed by atoms with Crippen molar-refractivity contribution in [3.05, 3.63) is 33.1 Å². The Bertz CT molecular complexity index is 907. The van der Waals surface area contributed by atoms with Crippen molar-refractivity contribution in [3.63, 3.8) is 0 Å². The average molecular weight is 456 g/mol. The first-order chi connectivity index (χ1) is 13.4. The molecule has 2 rings (SSSR count). The number of hydrogen-bond acceptors (Lipinski definition) is 7. The van der Waals surface area contributed by atoms with Crippen LogP contribution in [0.1, 0.15) is 32.9 Å². The lowest BCUT2D eigenvalue weighted by atomic mass is 10.1. The fourth-order valence-electron chi connectivity index (χ4n) is 2.96. The van der Waals surface area contributed by atoms with Crippen LogP contribution in [0.2, 0.25) is 0 Å². The Morgan fingerprint density at radius 1 is 1.24 bits per heavy atom. The minimum Gasteiger partial charge on any atom is -0.374 e. The van der Waals surface area contributed by atoms with E-state index >= 15 is 0 Å². The zero-order valence-electron chi connectivity index (χ0n) is 16.2. The lowest BCUT2D eigenvalue weighted by Gasteiger charge is -2.27. The number of hydrogen-bond donors (Lipinski definition) is 4. The standard InChI is InChI=1S/C15H26N2O10P2/c1-9(2)29(23,24)27-12-10(5-4-8-28(20,21)22)26-14(13(12)25-3)17-7-6-11(18)16-15(17)19/h6-7,9-10,12-14H,4-5,8H2,1-3H3,(H,23,24)(H,16,18,19)(H2,20,21,22)/t10-,12-,13-,14-/m1/s1. The van der Waals surface area contributed by atoms with Crippen LogP contribution in [-0.4, -0.2) is 61.5 Å². The van der Waals surface area contributed by atoms with Gasteiger partial charge in [-0.2, -0.15) is 0 Å². The van der Waals surface area contributed by atoms with Crippen molar-refractivity contribution in [2.24, 2.45) is 0 Å². The molecule has 12 nitrogen and oxygen atoms in total. The fraction of sp³-hybridized carbons (Fsp3) is 0.733. The van der Waals surface area contributed by atoms with Gasteiger partial charge in [-0.05, 0) is 12.8 Å². The minimum atomic E-state index is -4.23. The molecule has 0 aromatic carbocycles. The molecule has 0 spiro atoms. The van der Waals surface area contributed by atoms with Crippen LogP contribution in [0.3, 0.4) is 0 Å². The monoisotopic (exact) mass is 456 g/mol. The van der Waals surface area contributed by atoms with E-state index in [-0.39, 0.29) is 12.8 Å². The largest absolute Gasteiger partial charge is 0.374 e. The third kappa shape index (κ3) is 6.19. The van der Waals surface area contributed by atoms with Crippen molar-refractivity contribution in [2.75, 3.05) is 13.3 Å². The quantitative estimate of drug-likeness (QED) is 0.380. The summed E-state index contributed by atoms with van der Waals surface area (Å²) in [5.74, 6) is 0. The number of aromatic nitrogens is 2. The summed E-state index contributed by atoms with van der Waals surface area (Å²) in [5, 5.41) is 0. The van der Waals surface area contributed by atoms with Crippen LogP contribution in [-0.2, 0) is 23.1 Å². The van der Waals surface area contributed by atoms with Gasteiger partial charge in [0.25, 0.3) is 5.56 Å². The Kier molecular flexibility index (Phi) is 7.80. The molecule has 4 N–H and O–H groups in total. The molecule has 0 bridgehead atoms. The minimum absolute atomic E-state index is 0.0515. The van der Waals surface area contributed by atoms with Gasteiger partial charge in [-0.3, -0.25) is 28.0 Å². The molecule has 1 saturated heterocycles. The molecule has 1 unspecified atom stereocenters. The Hall–Kier alpha value is -1.10. The molecule has 0 saturated carbocycles. The zero-order valence-corrected chi connectivity index (χ0v) is 18.0. The predicted octanol–water partition coefficient (Wildman–Crippen LogP) is 0.386. The molecular formula is C15H26N2O10P2. The van der Waals surface area contributed by atoms with Gasteiger partial charge in [0, 0.05) is 25.5 Å². The smallest absolute Gasteiger partial charge is 0.331 e. The number of ether oxygens (including phenoxy) is 2. The zero-order chi connectivity index (χ0) is 22.0. The van der Waals surface area contributed by atoms with Gasteiger partial charge < -0.3 is 24.2 Å². The van der Waals surface area contributed by atoms with Crippen molar-refractivity contribution < 1.29 is 37.8 Å². The molecule has 0 radical (unpaired) electrons. The van der Waals surface area contributed by atoms with Gasteiger partial charge in [0.2, 0.25) is 0 Å². The third-order valence-electron chi connectivity index (χ3n) is 4.55. The normalized spacial score (nSPS) is 27.3. The molecule has 2 heterocycles. The Morgan fingerprint density at radius 3 is 2.41 bits per heavy atom. The van der Waals surface area contributed by atoms with Crippen molar-refractivity contribution >= 4 is 15.2 Å². The number of aromatic amines is 1. The second kappa shape index (κ2) is 9.36. The van der Waals surface area contributed by atoms with E-state index < -0.39 is 62.8 Å². The summed E-state index contributed by atoms with van der Waals surface area (Å²) < 4.78 is 41.3. The number of nitrogens with zero attached hydrogens (tertiary/aromatic N) is 1. The second-order valence-electron chi connectivity index (χ2n) is 7.04. The summed E-state index contributed by atoms with van der Waals surface area (Å²) in [6.07, 6.45) is -3.10. The SMILES string of the molecule is CO[C@@H]1[C@H](OP(=O)(O)C(C)C)[C@@H](CCCP(=O)(O)O)O[C@H]1n1ccc(=O)[nH]c1=O. The maximum atomic E-state index is 12.4. The molecular weight excluding hydrogens is 430 g/mol. The van der Waals surface area contributed by atoms with E-state index in [0.717, 1.165) is 10.6 Å². The number of methoxy groups -OCH3 is 1. The van der Waals surface area contributed by atoms with E-state index in [4.69, 9.17) is 23.8 Å². The van der Waals surface area contributed by atoms with Gasteiger partial charge in [0.05, 0.1) is 11.8 Å². The highest BCUT2D eigenvalue weighted by atomic mass is 31.2. The summed E-state index contributed by atoms with van der Waals surface area (Å²) in [6.45, 7) is 3.01. The molecule has 1 aromatic rings. The summed E-state index contributed by atoms with van der Waals surface area (Å²) in [6, 6.07) is 1.11. The number of rotatable bonds is 9. The number of H-pyrrole nitrogens is 1. The van der Waals surface area contributed by atoms with Gasteiger partial charge in [0.15, 0.2) is 6.23 Å². The topological polar surface area (TPSA) is 177 Å². The molecule has 5 atom stereocenters. The van der Waals surface area contributed by atoms with Crippen molar-refractivity contribution in [3.8, 4) is 0 Å². The third-order valence-corrected chi connectivity index (χ3v) is 7.30. The second-order valence-corrected chi connectivity index (χ2v) is 11.2. The van der Waals surface area contributed by atoms with Gasteiger partial charge in [-0.15, -0.1) is 0 Å². The Labute approximate surface area is 166 Å². The van der Waals surface area contributed by atoms with Crippen LogP contribution in [0.25, 0.3) is 0 Å². The fourth-order valence-corrected chi connectivity index (χ4v) is 4.41. The highest BCUT2D eigenvalue weighted by Gasteiger charge is 2.50. The maximum absolute atomic E-state index is 12.4. The lowest BCUT2D eigenvalue weighted by Crippen LogP contribution is -2.39. The van der Waals surface area contributed by atoms with Crippen LogP contribution < -0.4 is 11.2 Å². The van der Waals surface area contributed by atoms with E-state index in [0.29, 0.717) is 0 Å². The summed E-state index contributed by atoms with van der Waals surface area (Å²) >= 11 is 0. The van der Waals surface area contributed by atoms with E-state index in [2.05, 4.69) is 4.98 Å². The van der Waals surface area contributed by atoms with E-state index in [1.165, 1.54) is 27.2 Å². The van der Waals surface area contributed by atoms with Gasteiger partial charge >= 0.3 is 20.9 Å². The van der Waals surface area contributed by atoms with Crippen molar-refractivity contribution in [2.45, 2.75) is 56.9 Å². The highest BCUT2D eigenvalue weighted by molar-refractivity contribution is 7.53. The van der Waals surface area contributed by atoms with Crippen molar-refractivity contribution in [1.29, 1.82) is 0 Å². The molecule has 1 fully saturated rings. The first-order valence-corrected chi connectivity index (χ1v) is 12.4. The highest BCUT2D eigenvalue weighted by Crippen LogP contribution is 2.52. The molecule has 1 aliphatic rings. The van der Waals surface area contributed by atoms with E-state index in [1.807, 2.05) is 0 Å². The molecule has 29 heavy (non-hydrogen) atoms. The van der Waals surface area contributed by atoms with E-state index in [9.17, 15) is 23.6 Å². The van der Waals surface area contributed by atoms with Crippen LogP contribution in [0.15, 0.2) is 21.9 Å². The summed E-state index contributed by atoms with van der Waals surface area (Å²) in [5.41, 5.74) is -2.09. The van der Waals surface area contributed by atoms with Gasteiger partial charge in [-0.1, -0.05) is 13.8 Å². The first-order valence-electron chi connectivity index (χ1n) is 8.91. The van der Waals surface area contributed by atoms with E-state index in [1.54, 1.807) is 0 Å². The molecule has 166 valence electrons. The molecule has 0 aliphatic carbocycles. The summed E-state index contributed by atoms with van der Waals surface area (Å²) in [4.78, 5) is 53.9. The predicted molar refractivity (Wildman–Crippen MR) is 102 cm³/mol. The summed E-state index contributed by atoms with van der Waals surface area (Å²) in [7, 11) is -6.99. The van der Waals surface area contributed by atoms with Crippen LogP contribution in [0.5, 0.6) is 0 Å².